The summed E-state index contributed by atoms with van der Waals surface area (Å²) >= 11 is 0. The molecule has 1 aliphatic rings. The lowest BCUT2D eigenvalue weighted by molar-refractivity contribution is -0.125. The zero-order chi connectivity index (χ0) is 15.2. The van der Waals surface area contributed by atoms with Crippen LogP contribution in [0.2, 0.25) is 0 Å². The molecule has 6 heteroatoms. The number of nitrogens with one attached hydrogen (secondary N) is 3. The first-order chi connectivity index (χ1) is 10.1. The van der Waals surface area contributed by atoms with Crippen LogP contribution in [0.1, 0.15) is 28.8 Å². The second kappa shape index (κ2) is 6.88. The Labute approximate surface area is 123 Å². The number of rotatable bonds is 6. The van der Waals surface area contributed by atoms with Crippen LogP contribution in [-0.2, 0) is 9.59 Å². The highest BCUT2D eigenvalue weighted by atomic mass is 16.2. The van der Waals surface area contributed by atoms with Crippen molar-refractivity contribution >= 4 is 17.7 Å². The SMILES string of the molecule is Cc1ccccc1C(=O)NCC(=O)NCC(=O)NC1CC1. The summed E-state index contributed by atoms with van der Waals surface area (Å²) in [6.07, 6.45) is 2.01. The van der Waals surface area contributed by atoms with Crippen LogP contribution in [0.4, 0.5) is 0 Å². The van der Waals surface area contributed by atoms with Crippen LogP contribution in [0, 0.1) is 6.92 Å². The number of aryl methyl sites for hydroxylation is 1. The van der Waals surface area contributed by atoms with Crippen LogP contribution in [0.15, 0.2) is 24.3 Å². The number of carbonyl (C=O) groups is 3. The Morgan fingerprint density at radius 1 is 1.05 bits per heavy atom. The molecule has 0 bridgehead atoms. The van der Waals surface area contributed by atoms with Crippen molar-refractivity contribution < 1.29 is 14.4 Å². The highest BCUT2D eigenvalue weighted by Gasteiger charge is 2.23. The normalized spacial score (nSPS) is 13.4. The van der Waals surface area contributed by atoms with Crippen molar-refractivity contribution in [1.82, 2.24) is 16.0 Å². The number of amides is 3. The molecule has 1 aromatic carbocycles. The van der Waals surface area contributed by atoms with Gasteiger partial charge in [0.25, 0.3) is 5.91 Å². The van der Waals surface area contributed by atoms with Gasteiger partial charge in [-0.15, -0.1) is 0 Å². The van der Waals surface area contributed by atoms with Crippen LogP contribution in [0.5, 0.6) is 0 Å². The van der Waals surface area contributed by atoms with Crippen molar-refractivity contribution in [3.63, 3.8) is 0 Å². The molecule has 1 fully saturated rings. The minimum atomic E-state index is -0.386. The number of hydrogen-bond donors (Lipinski definition) is 3. The fraction of sp³-hybridized carbons (Fsp3) is 0.400. The van der Waals surface area contributed by atoms with Crippen LogP contribution in [0.25, 0.3) is 0 Å². The molecular formula is C15H19N3O3. The summed E-state index contributed by atoms with van der Waals surface area (Å²) in [4.78, 5) is 34.8. The van der Waals surface area contributed by atoms with Crippen molar-refractivity contribution in [2.24, 2.45) is 0 Å². The topological polar surface area (TPSA) is 87.3 Å². The minimum Gasteiger partial charge on any atom is -0.352 e. The summed E-state index contributed by atoms with van der Waals surface area (Å²) in [6, 6.07) is 7.42. The van der Waals surface area contributed by atoms with Gasteiger partial charge in [-0.3, -0.25) is 14.4 Å². The molecule has 3 N–H and O–H groups in total. The van der Waals surface area contributed by atoms with Crippen molar-refractivity contribution in [2.45, 2.75) is 25.8 Å². The molecule has 1 aromatic rings. The van der Waals surface area contributed by atoms with Crippen molar-refractivity contribution in [1.29, 1.82) is 0 Å². The van der Waals surface area contributed by atoms with Gasteiger partial charge >= 0.3 is 0 Å². The summed E-state index contributed by atoms with van der Waals surface area (Å²) in [6.45, 7) is 1.62. The Balaban J connectivity index is 1.69. The lowest BCUT2D eigenvalue weighted by atomic mass is 10.1. The Bertz CT molecular complexity index is 553. The van der Waals surface area contributed by atoms with E-state index in [0.29, 0.717) is 5.56 Å². The van der Waals surface area contributed by atoms with E-state index in [2.05, 4.69) is 16.0 Å². The van der Waals surface area contributed by atoms with Crippen molar-refractivity contribution in [2.75, 3.05) is 13.1 Å². The molecule has 0 spiro atoms. The summed E-state index contributed by atoms with van der Waals surface area (Å²) in [5.74, 6) is -0.885. The van der Waals surface area contributed by atoms with Crippen LogP contribution >= 0.6 is 0 Å². The zero-order valence-corrected chi connectivity index (χ0v) is 11.9. The van der Waals surface area contributed by atoms with Gasteiger partial charge in [0.15, 0.2) is 0 Å². The van der Waals surface area contributed by atoms with Crippen LogP contribution in [0.3, 0.4) is 0 Å². The van der Waals surface area contributed by atoms with E-state index in [1.807, 2.05) is 19.1 Å². The maximum Gasteiger partial charge on any atom is 0.251 e. The molecule has 1 aliphatic carbocycles. The molecular weight excluding hydrogens is 270 g/mol. The summed E-state index contributed by atoms with van der Waals surface area (Å²) in [5, 5.41) is 7.77. The van der Waals surface area contributed by atoms with Gasteiger partial charge in [-0.1, -0.05) is 18.2 Å². The highest BCUT2D eigenvalue weighted by Crippen LogP contribution is 2.18. The largest absolute Gasteiger partial charge is 0.352 e. The lowest BCUT2D eigenvalue weighted by Gasteiger charge is -2.08. The van der Waals surface area contributed by atoms with Gasteiger partial charge in [0.2, 0.25) is 11.8 Å². The van der Waals surface area contributed by atoms with Gasteiger partial charge in [-0.25, -0.2) is 0 Å². The van der Waals surface area contributed by atoms with E-state index >= 15 is 0 Å². The standard InChI is InChI=1S/C15H19N3O3/c1-10-4-2-3-5-12(10)15(21)17-8-13(19)16-9-14(20)18-11-6-7-11/h2-5,11H,6-9H2,1H3,(H,16,19)(H,17,21)(H,18,20). The Morgan fingerprint density at radius 3 is 2.38 bits per heavy atom. The van der Waals surface area contributed by atoms with E-state index in [1.165, 1.54) is 0 Å². The maximum absolute atomic E-state index is 11.9. The molecule has 112 valence electrons. The third-order valence-corrected chi connectivity index (χ3v) is 3.19. The number of carbonyl (C=O) groups excluding carboxylic acids is 3. The molecule has 0 atom stereocenters. The number of benzene rings is 1. The first kappa shape index (κ1) is 15.0. The third kappa shape index (κ3) is 4.91. The molecule has 0 heterocycles. The Hall–Kier alpha value is -2.37. The van der Waals surface area contributed by atoms with E-state index in [1.54, 1.807) is 12.1 Å². The Kier molecular flexibility index (Phi) is 4.92. The highest BCUT2D eigenvalue weighted by molar-refractivity contribution is 5.97. The summed E-state index contributed by atoms with van der Waals surface area (Å²) in [5.41, 5.74) is 1.39. The van der Waals surface area contributed by atoms with Gasteiger partial charge in [-0.2, -0.15) is 0 Å². The quantitative estimate of drug-likeness (QED) is 0.695. The molecule has 6 nitrogen and oxygen atoms in total. The molecule has 0 aromatic heterocycles. The van der Waals surface area contributed by atoms with E-state index in [0.717, 1.165) is 18.4 Å². The molecule has 2 rings (SSSR count). The molecule has 21 heavy (non-hydrogen) atoms. The molecule has 0 radical (unpaired) electrons. The second-order valence-electron chi connectivity index (χ2n) is 5.12. The predicted octanol–water partition coefficient (Wildman–Crippen LogP) is 0.120. The summed E-state index contributed by atoms with van der Waals surface area (Å²) in [7, 11) is 0. The maximum atomic E-state index is 11.9. The van der Waals surface area contributed by atoms with E-state index in [4.69, 9.17) is 0 Å². The zero-order valence-electron chi connectivity index (χ0n) is 11.9. The van der Waals surface area contributed by atoms with E-state index in [-0.39, 0.29) is 36.9 Å². The predicted molar refractivity (Wildman–Crippen MR) is 77.7 cm³/mol. The molecule has 1 saturated carbocycles. The number of hydrogen-bond acceptors (Lipinski definition) is 3. The van der Waals surface area contributed by atoms with Crippen LogP contribution < -0.4 is 16.0 Å². The van der Waals surface area contributed by atoms with Crippen LogP contribution in [-0.4, -0.2) is 36.9 Å². The minimum absolute atomic E-state index is 0.0600. The average molecular weight is 289 g/mol. The van der Waals surface area contributed by atoms with Gasteiger partial charge in [0, 0.05) is 11.6 Å². The first-order valence-corrected chi connectivity index (χ1v) is 6.96. The first-order valence-electron chi connectivity index (χ1n) is 6.96. The smallest absolute Gasteiger partial charge is 0.251 e. The average Bonchev–Trinajstić information content (AvgIpc) is 3.27. The fourth-order valence-electron chi connectivity index (χ4n) is 1.83. The molecule has 0 unspecified atom stereocenters. The Morgan fingerprint density at radius 2 is 1.71 bits per heavy atom. The van der Waals surface area contributed by atoms with E-state index in [9.17, 15) is 14.4 Å². The van der Waals surface area contributed by atoms with Crippen molar-refractivity contribution in [3.05, 3.63) is 35.4 Å². The van der Waals surface area contributed by atoms with Gasteiger partial charge in [-0.05, 0) is 31.4 Å². The second-order valence-corrected chi connectivity index (χ2v) is 5.12. The van der Waals surface area contributed by atoms with E-state index < -0.39 is 0 Å². The van der Waals surface area contributed by atoms with Gasteiger partial charge in [0.1, 0.15) is 0 Å². The van der Waals surface area contributed by atoms with Gasteiger partial charge < -0.3 is 16.0 Å². The lowest BCUT2D eigenvalue weighted by Crippen LogP contribution is -2.42. The fourth-order valence-corrected chi connectivity index (χ4v) is 1.83. The molecule has 0 saturated heterocycles. The molecule has 0 aliphatic heterocycles. The van der Waals surface area contributed by atoms with Crippen molar-refractivity contribution in [3.8, 4) is 0 Å². The third-order valence-electron chi connectivity index (χ3n) is 3.19. The van der Waals surface area contributed by atoms with Gasteiger partial charge in [0.05, 0.1) is 13.1 Å². The monoisotopic (exact) mass is 289 g/mol. The molecule has 3 amide bonds. The summed E-state index contributed by atoms with van der Waals surface area (Å²) < 4.78 is 0.